The smallest absolute Gasteiger partial charge is 0.205 e. The number of aryl methyl sites for hydroxylation is 1. The first kappa shape index (κ1) is 15.8. The largest absolute Gasteiger partial charge is 0.493 e. The fraction of sp³-hybridized carbons (Fsp3) is 0.200. The van der Waals surface area contributed by atoms with Gasteiger partial charge in [0, 0.05) is 17.5 Å². The standard InChI is InChI=1S/C20H18N2O2S/c1-3-12-7-9-13(10-8-12)18-21-19-15(20(25)22-18)11-14-5-4-6-16(23-2)17(14)24-19/h4-10H,3,11H2,1-2H3,(H,21,22,25). The number of hydrogen-bond donors (Lipinski definition) is 1. The minimum atomic E-state index is 0.566. The maximum atomic E-state index is 6.10. The minimum Gasteiger partial charge on any atom is -0.493 e. The van der Waals surface area contributed by atoms with E-state index in [2.05, 4.69) is 41.2 Å². The lowest BCUT2D eigenvalue weighted by molar-refractivity contribution is 0.365. The number of fused-ring (bicyclic) bond motifs is 2. The molecule has 0 radical (unpaired) electrons. The molecular weight excluding hydrogens is 332 g/mol. The third-order valence-electron chi connectivity index (χ3n) is 4.46. The Balaban J connectivity index is 1.78. The van der Waals surface area contributed by atoms with Gasteiger partial charge in [-0.1, -0.05) is 55.5 Å². The third kappa shape index (κ3) is 2.81. The molecule has 0 bridgehead atoms. The van der Waals surface area contributed by atoms with Gasteiger partial charge in [0.2, 0.25) is 5.88 Å². The van der Waals surface area contributed by atoms with Crippen LogP contribution in [0.3, 0.4) is 0 Å². The van der Waals surface area contributed by atoms with Gasteiger partial charge in [0.25, 0.3) is 0 Å². The highest BCUT2D eigenvalue weighted by Crippen LogP contribution is 2.41. The van der Waals surface area contributed by atoms with E-state index in [1.165, 1.54) is 5.56 Å². The lowest BCUT2D eigenvalue weighted by Crippen LogP contribution is -2.08. The summed E-state index contributed by atoms with van der Waals surface area (Å²) in [5.74, 6) is 2.81. The molecule has 0 fully saturated rings. The Bertz CT molecular complexity index is 994. The molecule has 0 saturated carbocycles. The van der Waals surface area contributed by atoms with Gasteiger partial charge in [-0.05, 0) is 18.1 Å². The monoisotopic (exact) mass is 350 g/mol. The van der Waals surface area contributed by atoms with Crippen LogP contribution in [0.5, 0.6) is 17.4 Å². The molecule has 126 valence electrons. The van der Waals surface area contributed by atoms with Gasteiger partial charge in [0.05, 0.1) is 12.7 Å². The van der Waals surface area contributed by atoms with E-state index >= 15 is 0 Å². The summed E-state index contributed by atoms with van der Waals surface area (Å²) in [7, 11) is 1.64. The lowest BCUT2D eigenvalue weighted by Gasteiger charge is -2.22. The van der Waals surface area contributed by atoms with Crippen molar-refractivity contribution in [1.29, 1.82) is 0 Å². The third-order valence-corrected chi connectivity index (χ3v) is 4.80. The molecule has 0 amide bonds. The first-order valence-corrected chi connectivity index (χ1v) is 8.66. The number of aromatic amines is 1. The van der Waals surface area contributed by atoms with Gasteiger partial charge in [-0.15, -0.1) is 0 Å². The molecule has 1 N–H and O–H groups in total. The van der Waals surface area contributed by atoms with Gasteiger partial charge in [-0.2, -0.15) is 0 Å². The zero-order valence-corrected chi connectivity index (χ0v) is 14.9. The highest BCUT2D eigenvalue weighted by atomic mass is 32.1. The number of nitrogens with zero attached hydrogens (tertiary/aromatic N) is 1. The summed E-state index contributed by atoms with van der Waals surface area (Å²) < 4.78 is 12.1. The van der Waals surface area contributed by atoms with Crippen LogP contribution in [0.2, 0.25) is 0 Å². The molecule has 1 aliphatic rings. The van der Waals surface area contributed by atoms with E-state index in [4.69, 9.17) is 21.7 Å². The molecule has 4 nitrogen and oxygen atoms in total. The van der Waals surface area contributed by atoms with E-state index in [0.29, 0.717) is 28.5 Å². The van der Waals surface area contributed by atoms with E-state index in [-0.39, 0.29) is 0 Å². The molecule has 4 rings (SSSR count). The zero-order valence-electron chi connectivity index (χ0n) is 14.1. The summed E-state index contributed by atoms with van der Waals surface area (Å²) in [6.45, 7) is 2.14. The number of para-hydroxylation sites is 1. The Kier molecular flexibility index (Phi) is 4.01. The molecule has 25 heavy (non-hydrogen) atoms. The predicted molar refractivity (Wildman–Crippen MR) is 100 cm³/mol. The first-order valence-electron chi connectivity index (χ1n) is 8.26. The fourth-order valence-electron chi connectivity index (χ4n) is 3.02. The Hall–Kier alpha value is -2.66. The van der Waals surface area contributed by atoms with Crippen molar-refractivity contribution in [2.24, 2.45) is 0 Å². The lowest BCUT2D eigenvalue weighted by atomic mass is 10.0. The summed E-state index contributed by atoms with van der Waals surface area (Å²) in [5.41, 5.74) is 4.23. The van der Waals surface area contributed by atoms with Crippen molar-refractivity contribution in [3.05, 3.63) is 63.8 Å². The molecule has 2 aromatic carbocycles. The van der Waals surface area contributed by atoms with Crippen LogP contribution >= 0.6 is 12.2 Å². The van der Waals surface area contributed by atoms with Gasteiger partial charge in [-0.25, -0.2) is 4.98 Å². The van der Waals surface area contributed by atoms with E-state index in [1.807, 2.05) is 18.2 Å². The number of methoxy groups -OCH3 is 1. The van der Waals surface area contributed by atoms with Crippen LogP contribution < -0.4 is 9.47 Å². The van der Waals surface area contributed by atoms with Gasteiger partial charge >= 0.3 is 0 Å². The predicted octanol–water partition coefficient (Wildman–Crippen LogP) is 5.07. The topological polar surface area (TPSA) is 47.1 Å². The van der Waals surface area contributed by atoms with E-state index in [0.717, 1.165) is 28.9 Å². The van der Waals surface area contributed by atoms with Crippen LogP contribution in [0.4, 0.5) is 0 Å². The molecule has 2 heterocycles. The van der Waals surface area contributed by atoms with E-state index in [9.17, 15) is 0 Å². The number of nitrogens with one attached hydrogen (secondary N) is 1. The molecule has 1 aliphatic heterocycles. The van der Waals surface area contributed by atoms with Gasteiger partial charge < -0.3 is 14.5 Å². The number of aromatic nitrogens is 2. The number of H-pyrrole nitrogens is 1. The number of hydrogen-bond acceptors (Lipinski definition) is 4. The second kappa shape index (κ2) is 6.33. The van der Waals surface area contributed by atoms with Crippen LogP contribution in [0.15, 0.2) is 42.5 Å². The normalized spacial score (nSPS) is 12.1. The highest BCUT2D eigenvalue weighted by Gasteiger charge is 2.23. The van der Waals surface area contributed by atoms with Crippen molar-refractivity contribution in [3.63, 3.8) is 0 Å². The Morgan fingerprint density at radius 2 is 2.00 bits per heavy atom. The van der Waals surface area contributed by atoms with Crippen LogP contribution in [-0.2, 0) is 12.8 Å². The van der Waals surface area contributed by atoms with Crippen molar-refractivity contribution in [3.8, 4) is 28.8 Å². The molecule has 0 unspecified atom stereocenters. The number of rotatable bonds is 3. The van der Waals surface area contributed by atoms with Crippen LogP contribution in [0.1, 0.15) is 23.6 Å². The molecule has 1 aromatic heterocycles. The van der Waals surface area contributed by atoms with E-state index < -0.39 is 0 Å². The first-order chi connectivity index (χ1) is 12.2. The number of ether oxygens (including phenoxy) is 2. The Morgan fingerprint density at radius 1 is 1.20 bits per heavy atom. The maximum Gasteiger partial charge on any atom is 0.205 e. The van der Waals surface area contributed by atoms with Gasteiger partial charge in [0.15, 0.2) is 11.5 Å². The summed E-state index contributed by atoms with van der Waals surface area (Å²) in [4.78, 5) is 7.87. The minimum absolute atomic E-state index is 0.566. The molecule has 0 atom stereocenters. The van der Waals surface area contributed by atoms with Crippen molar-refractivity contribution < 1.29 is 9.47 Å². The maximum absolute atomic E-state index is 6.10. The van der Waals surface area contributed by atoms with Crippen molar-refractivity contribution >= 4 is 12.2 Å². The zero-order chi connectivity index (χ0) is 17.4. The summed E-state index contributed by atoms with van der Waals surface area (Å²) in [6.07, 6.45) is 1.69. The van der Waals surface area contributed by atoms with Gasteiger partial charge in [-0.3, -0.25) is 0 Å². The molecule has 0 aliphatic carbocycles. The number of benzene rings is 2. The van der Waals surface area contributed by atoms with Crippen molar-refractivity contribution in [2.75, 3.05) is 7.11 Å². The van der Waals surface area contributed by atoms with Crippen LogP contribution in [-0.4, -0.2) is 17.1 Å². The average Bonchev–Trinajstić information content (AvgIpc) is 2.66. The molecule has 3 aromatic rings. The fourth-order valence-corrected chi connectivity index (χ4v) is 3.28. The summed E-state index contributed by atoms with van der Waals surface area (Å²) >= 11 is 5.52. The second-order valence-electron chi connectivity index (χ2n) is 5.98. The summed E-state index contributed by atoms with van der Waals surface area (Å²) in [5, 5.41) is 0. The second-order valence-corrected chi connectivity index (χ2v) is 6.36. The quantitative estimate of drug-likeness (QED) is 0.524. The average molecular weight is 350 g/mol. The molecule has 0 spiro atoms. The molecule has 0 saturated heterocycles. The van der Waals surface area contributed by atoms with E-state index in [1.54, 1.807) is 7.11 Å². The van der Waals surface area contributed by atoms with Crippen LogP contribution in [0, 0.1) is 4.64 Å². The van der Waals surface area contributed by atoms with Gasteiger partial charge in [0.1, 0.15) is 10.5 Å². The van der Waals surface area contributed by atoms with Crippen molar-refractivity contribution in [2.45, 2.75) is 19.8 Å². The Labute approximate surface area is 151 Å². The highest BCUT2D eigenvalue weighted by molar-refractivity contribution is 7.71. The SMILES string of the molecule is CCc1ccc(-c2nc(=S)c3c([nH]2)Oc2c(cccc2OC)C3)cc1. The summed E-state index contributed by atoms with van der Waals surface area (Å²) in [6, 6.07) is 14.2. The van der Waals surface area contributed by atoms with Crippen molar-refractivity contribution in [1.82, 2.24) is 9.97 Å². The molecular formula is C20H18N2O2S. The Morgan fingerprint density at radius 3 is 2.72 bits per heavy atom. The molecule has 5 heteroatoms. The van der Waals surface area contributed by atoms with Crippen LogP contribution in [0.25, 0.3) is 11.4 Å².